The van der Waals surface area contributed by atoms with Gasteiger partial charge in [0, 0.05) is 5.41 Å². The van der Waals surface area contributed by atoms with Gasteiger partial charge in [-0.05, 0) is 146 Å². The van der Waals surface area contributed by atoms with E-state index in [1.165, 1.54) is 116 Å². The van der Waals surface area contributed by atoms with E-state index in [2.05, 4.69) is 198 Å². The lowest BCUT2D eigenvalue weighted by molar-refractivity contribution is 0.591. The highest BCUT2D eigenvalue weighted by Crippen LogP contribution is 2.51. The smallest absolute Gasteiger partial charge is 0.0159 e. The zero-order valence-corrected chi connectivity index (χ0v) is 33.5. The van der Waals surface area contributed by atoms with Crippen molar-refractivity contribution in [2.75, 3.05) is 0 Å². The Morgan fingerprint density at radius 3 is 1.61 bits per heavy atom. The van der Waals surface area contributed by atoms with Gasteiger partial charge in [-0.15, -0.1) is 0 Å². The van der Waals surface area contributed by atoms with Crippen molar-refractivity contribution in [2.24, 2.45) is 0 Å². The fourth-order valence-corrected chi connectivity index (χ4v) is 10.0. The maximum Gasteiger partial charge on any atom is 0.0159 e. The van der Waals surface area contributed by atoms with Crippen LogP contribution in [0.2, 0.25) is 0 Å². The third kappa shape index (κ3) is 5.34. The zero-order valence-electron chi connectivity index (χ0n) is 33.5. The van der Waals surface area contributed by atoms with Gasteiger partial charge in [-0.25, -0.2) is 0 Å². The lowest BCUT2D eigenvalue weighted by Gasteiger charge is -2.23. The second-order valence-corrected chi connectivity index (χ2v) is 18.1. The van der Waals surface area contributed by atoms with Gasteiger partial charge in [0.2, 0.25) is 0 Å². The van der Waals surface area contributed by atoms with E-state index < -0.39 is 0 Å². The summed E-state index contributed by atoms with van der Waals surface area (Å²) in [5.74, 6) is 0. The molecule has 0 unspecified atom stereocenters. The van der Waals surface area contributed by atoms with Crippen LogP contribution in [0.15, 0.2) is 158 Å². The summed E-state index contributed by atoms with van der Waals surface area (Å²) in [5.41, 5.74) is 19.9. The van der Waals surface area contributed by atoms with Crippen molar-refractivity contribution in [1.82, 2.24) is 0 Å². The summed E-state index contributed by atoms with van der Waals surface area (Å²) in [6.45, 7) is 11.7. The molecule has 0 bridgehead atoms. The van der Waals surface area contributed by atoms with Gasteiger partial charge in [0.15, 0.2) is 0 Å². The molecule has 0 atom stereocenters. The van der Waals surface area contributed by atoms with Gasteiger partial charge in [0.25, 0.3) is 0 Å². The van der Waals surface area contributed by atoms with Gasteiger partial charge in [0.05, 0.1) is 0 Å². The van der Waals surface area contributed by atoms with E-state index in [1.54, 1.807) is 0 Å². The molecule has 0 fully saturated rings. The molecule has 0 radical (unpaired) electrons. The average molecular weight is 731 g/mol. The molecule has 0 saturated carbocycles. The van der Waals surface area contributed by atoms with Crippen LogP contribution < -0.4 is 0 Å². The molecule has 0 saturated heterocycles. The first kappa shape index (κ1) is 34.0. The molecule has 2 aliphatic rings. The fourth-order valence-electron chi connectivity index (χ4n) is 10.0. The molecule has 57 heavy (non-hydrogen) atoms. The van der Waals surface area contributed by atoms with Gasteiger partial charge in [-0.2, -0.15) is 0 Å². The average Bonchev–Trinajstić information content (AvgIpc) is 3.46. The van der Waals surface area contributed by atoms with E-state index in [0.717, 1.165) is 12.8 Å². The summed E-state index contributed by atoms with van der Waals surface area (Å²) in [6, 6.07) is 58.0. The van der Waals surface area contributed by atoms with E-state index in [9.17, 15) is 0 Å². The van der Waals surface area contributed by atoms with E-state index in [-0.39, 0.29) is 10.8 Å². The first-order valence-corrected chi connectivity index (χ1v) is 20.6. The molecule has 0 N–H and O–H groups in total. The standard InChI is InChI=1S/C57H46/c1-56(2,3)45-31-43-22-21-40-23-27-48(51-30-26-44(32-45)54(43)55(40)51)39-19-15-36(16-20-39)42-25-29-50-49-28-24-41(33-52(49)57(4,5)53(50)34-42)35-13-17-38(18-14-35)47-12-8-10-37-9-6-7-11-46(37)47/h7-8,10-34H,6,9H2,1-5H3. The summed E-state index contributed by atoms with van der Waals surface area (Å²) in [6.07, 6.45) is 6.87. The second kappa shape index (κ2) is 12.4. The molecule has 0 aromatic heterocycles. The monoisotopic (exact) mass is 730 g/mol. The highest BCUT2D eigenvalue weighted by molar-refractivity contribution is 6.25. The number of hydrogen-bond acceptors (Lipinski definition) is 0. The second-order valence-electron chi connectivity index (χ2n) is 18.1. The number of fused-ring (bicyclic) bond motifs is 4. The Morgan fingerprint density at radius 2 is 0.982 bits per heavy atom. The molecule has 0 heteroatoms. The van der Waals surface area contributed by atoms with Crippen LogP contribution in [0.25, 0.3) is 94.0 Å². The van der Waals surface area contributed by atoms with E-state index in [4.69, 9.17) is 0 Å². The molecule has 0 aliphatic heterocycles. The Labute approximate surface area is 336 Å². The van der Waals surface area contributed by atoms with Crippen LogP contribution in [0, 0.1) is 0 Å². The van der Waals surface area contributed by atoms with Crippen LogP contribution >= 0.6 is 0 Å². The molecule has 11 rings (SSSR count). The van der Waals surface area contributed by atoms with Crippen molar-refractivity contribution in [2.45, 2.75) is 58.3 Å². The lowest BCUT2D eigenvalue weighted by atomic mass is 9.80. The summed E-state index contributed by atoms with van der Waals surface area (Å²) >= 11 is 0. The van der Waals surface area contributed by atoms with Crippen molar-refractivity contribution in [3.8, 4) is 55.6 Å². The lowest BCUT2D eigenvalue weighted by Crippen LogP contribution is -2.15. The number of aryl methyl sites for hydroxylation is 1. The van der Waals surface area contributed by atoms with Crippen LogP contribution in [0.4, 0.5) is 0 Å². The zero-order chi connectivity index (χ0) is 38.6. The minimum absolute atomic E-state index is 0.105. The van der Waals surface area contributed by atoms with Crippen LogP contribution in [-0.4, -0.2) is 0 Å². The normalized spacial score (nSPS) is 14.3. The first-order valence-electron chi connectivity index (χ1n) is 20.6. The number of rotatable bonds is 4. The molecule has 0 amide bonds. The number of hydrogen-bond donors (Lipinski definition) is 0. The molecular weight excluding hydrogens is 685 g/mol. The Balaban J connectivity index is 0.897. The third-order valence-corrected chi connectivity index (χ3v) is 13.3. The van der Waals surface area contributed by atoms with Gasteiger partial charge < -0.3 is 0 Å². The summed E-state index contributed by atoms with van der Waals surface area (Å²) in [5, 5.41) is 8.03. The van der Waals surface area contributed by atoms with Crippen molar-refractivity contribution in [3.05, 3.63) is 186 Å². The van der Waals surface area contributed by atoms with Gasteiger partial charge in [0.1, 0.15) is 0 Å². The van der Waals surface area contributed by atoms with Crippen LogP contribution in [0.5, 0.6) is 0 Å². The van der Waals surface area contributed by atoms with E-state index in [0.29, 0.717) is 0 Å². The predicted molar refractivity (Wildman–Crippen MR) is 246 cm³/mol. The fraction of sp³-hybridized carbons (Fsp3) is 0.158. The SMILES string of the molecule is CC(C)(C)c1cc2ccc3ccc(-c4ccc(-c5ccc6c(c5)C(C)(C)c5cc(-c7ccc(-c8cccc9c8C=CCC9)cc7)ccc5-6)cc4)c4ccc(c1)c2c34. The van der Waals surface area contributed by atoms with Gasteiger partial charge in [-0.3, -0.25) is 0 Å². The minimum atomic E-state index is -0.110. The maximum absolute atomic E-state index is 2.44. The Bertz CT molecular complexity index is 3070. The van der Waals surface area contributed by atoms with Crippen molar-refractivity contribution >= 4 is 38.4 Å². The maximum atomic E-state index is 2.44. The highest BCUT2D eigenvalue weighted by Gasteiger charge is 2.36. The van der Waals surface area contributed by atoms with Gasteiger partial charge in [-0.1, -0.05) is 186 Å². The Hall–Kier alpha value is -6.24. The quantitative estimate of drug-likeness (QED) is 0.158. The first-order chi connectivity index (χ1) is 27.6. The van der Waals surface area contributed by atoms with Crippen LogP contribution in [-0.2, 0) is 17.3 Å². The van der Waals surface area contributed by atoms with Crippen LogP contribution in [0.3, 0.4) is 0 Å². The van der Waals surface area contributed by atoms with Crippen LogP contribution in [0.1, 0.15) is 68.9 Å². The molecular formula is C57H46. The summed E-state index contributed by atoms with van der Waals surface area (Å²) in [7, 11) is 0. The van der Waals surface area contributed by atoms with E-state index in [1.807, 2.05) is 0 Å². The third-order valence-electron chi connectivity index (χ3n) is 13.3. The van der Waals surface area contributed by atoms with Crippen molar-refractivity contribution < 1.29 is 0 Å². The Kier molecular flexibility index (Phi) is 7.39. The molecule has 9 aromatic rings. The van der Waals surface area contributed by atoms with Crippen molar-refractivity contribution in [1.29, 1.82) is 0 Å². The molecule has 0 nitrogen and oxygen atoms in total. The topological polar surface area (TPSA) is 0 Å². The van der Waals surface area contributed by atoms with E-state index >= 15 is 0 Å². The summed E-state index contributed by atoms with van der Waals surface area (Å²) < 4.78 is 0. The number of benzene rings is 9. The number of allylic oxidation sites excluding steroid dienone is 1. The molecule has 274 valence electrons. The minimum Gasteiger partial charge on any atom is -0.0836 e. The summed E-state index contributed by atoms with van der Waals surface area (Å²) in [4.78, 5) is 0. The molecule has 9 aromatic carbocycles. The molecule has 2 aliphatic carbocycles. The molecule has 0 spiro atoms. The van der Waals surface area contributed by atoms with Gasteiger partial charge >= 0.3 is 0 Å². The van der Waals surface area contributed by atoms with Crippen molar-refractivity contribution in [3.63, 3.8) is 0 Å². The molecule has 0 heterocycles. The predicted octanol–water partition coefficient (Wildman–Crippen LogP) is 15.8. The highest BCUT2D eigenvalue weighted by atomic mass is 14.4. The largest absolute Gasteiger partial charge is 0.0836 e. The Morgan fingerprint density at radius 1 is 0.456 bits per heavy atom.